The maximum Gasteiger partial charge on any atom is 0.251 e. The van der Waals surface area contributed by atoms with Gasteiger partial charge in [0.2, 0.25) is 5.91 Å². The molecule has 2 amide bonds. The van der Waals surface area contributed by atoms with Crippen LogP contribution in [0.25, 0.3) is 16.7 Å². The zero-order valence-corrected chi connectivity index (χ0v) is 17.9. The van der Waals surface area contributed by atoms with Crippen molar-refractivity contribution in [3.8, 4) is 11.1 Å². The van der Waals surface area contributed by atoms with Crippen molar-refractivity contribution in [2.24, 2.45) is 5.73 Å². The van der Waals surface area contributed by atoms with Crippen LogP contribution in [0.15, 0.2) is 47.6 Å². The Morgan fingerprint density at radius 1 is 1.00 bits per heavy atom. The molecule has 0 saturated heterocycles. The summed E-state index contributed by atoms with van der Waals surface area (Å²) < 4.78 is 0. The van der Waals surface area contributed by atoms with Crippen LogP contribution in [0.2, 0.25) is 0 Å². The molecule has 2 aromatic rings. The normalized spacial score (nSPS) is 15.6. The Hall–Kier alpha value is -3.14. The Labute approximate surface area is 177 Å². The molecule has 154 valence electrons. The number of anilines is 1. The second-order valence-electron chi connectivity index (χ2n) is 8.37. The van der Waals surface area contributed by atoms with E-state index >= 15 is 0 Å². The minimum atomic E-state index is -0.390. The van der Waals surface area contributed by atoms with E-state index in [4.69, 9.17) is 5.73 Å². The predicted molar refractivity (Wildman–Crippen MR) is 122 cm³/mol. The average molecular weight is 401 g/mol. The number of nitrogens with one attached hydrogen (secondary N) is 1. The minimum absolute atomic E-state index is 0.00354. The van der Waals surface area contributed by atoms with Gasteiger partial charge in [0.1, 0.15) is 0 Å². The molecule has 4 rings (SSSR count). The Morgan fingerprint density at radius 2 is 1.80 bits per heavy atom. The molecule has 4 nitrogen and oxygen atoms in total. The highest BCUT2D eigenvalue weighted by Crippen LogP contribution is 2.42. The van der Waals surface area contributed by atoms with Gasteiger partial charge in [-0.15, -0.1) is 0 Å². The molecule has 30 heavy (non-hydrogen) atoms. The average Bonchev–Trinajstić information content (AvgIpc) is 3.04. The Balaban J connectivity index is 1.77. The van der Waals surface area contributed by atoms with E-state index in [1.807, 2.05) is 31.2 Å². The fourth-order valence-electron chi connectivity index (χ4n) is 4.64. The summed E-state index contributed by atoms with van der Waals surface area (Å²) in [6.45, 7) is 6.24. The summed E-state index contributed by atoms with van der Waals surface area (Å²) in [5.74, 6) is -0.394. The fraction of sp³-hybridized carbons (Fsp3) is 0.308. The molecule has 0 aromatic heterocycles. The van der Waals surface area contributed by atoms with Crippen molar-refractivity contribution in [3.63, 3.8) is 0 Å². The lowest BCUT2D eigenvalue weighted by Crippen LogP contribution is -2.17. The van der Waals surface area contributed by atoms with E-state index < -0.39 is 5.91 Å². The number of carbonyl (C=O) groups excluding carboxylic acids is 2. The number of carbonyl (C=O) groups is 2. The van der Waals surface area contributed by atoms with Gasteiger partial charge in [-0.1, -0.05) is 29.8 Å². The van der Waals surface area contributed by atoms with Crippen molar-refractivity contribution < 1.29 is 9.59 Å². The summed E-state index contributed by atoms with van der Waals surface area (Å²) in [6, 6.07) is 9.82. The van der Waals surface area contributed by atoms with E-state index in [1.54, 1.807) is 0 Å². The van der Waals surface area contributed by atoms with Crippen LogP contribution in [0, 0.1) is 6.92 Å². The second-order valence-corrected chi connectivity index (χ2v) is 8.37. The lowest BCUT2D eigenvalue weighted by molar-refractivity contribution is -0.113. The molecular formula is C26H28N2O2. The molecule has 2 aliphatic carbocycles. The van der Waals surface area contributed by atoms with Gasteiger partial charge < -0.3 is 11.1 Å². The standard InChI is InChI=1S/C26H28N2O2/c1-15-14-22-21(25(27)29)13-12-20(24(22)16(15)2)19-10-7-11-23(17(19)3)28-26(30)18-8-5-4-6-9-18/h7-8,10-13H,4-6,9,14H2,1-3H3,(H2,27,29)(H,28,30). The monoisotopic (exact) mass is 400 g/mol. The van der Waals surface area contributed by atoms with Crippen molar-refractivity contribution in [2.75, 3.05) is 5.32 Å². The first-order chi connectivity index (χ1) is 14.4. The van der Waals surface area contributed by atoms with Crippen LogP contribution in [0.3, 0.4) is 0 Å². The molecule has 0 spiro atoms. The summed E-state index contributed by atoms with van der Waals surface area (Å²) >= 11 is 0. The number of amides is 2. The highest BCUT2D eigenvalue weighted by Gasteiger charge is 2.25. The summed E-state index contributed by atoms with van der Waals surface area (Å²) in [7, 11) is 0. The van der Waals surface area contributed by atoms with Gasteiger partial charge in [-0.25, -0.2) is 0 Å². The van der Waals surface area contributed by atoms with Gasteiger partial charge in [-0.2, -0.15) is 0 Å². The van der Waals surface area contributed by atoms with E-state index in [-0.39, 0.29) is 5.91 Å². The number of primary amides is 1. The first-order valence-corrected chi connectivity index (χ1v) is 10.6. The van der Waals surface area contributed by atoms with E-state index in [1.165, 1.54) is 11.1 Å². The number of benzene rings is 2. The molecule has 0 atom stereocenters. The van der Waals surface area contributed by atoms with Crippen molar-refractivity contribution >= 4 is 23.1 Å². The van der Waals surface area contributed by atoms with Gasteiger partial charge in [0, 0.05) is 16.8 Å². The number of nitrogens with two attached hydrogens (primary N) is 1. The Morgan fingerprint density at radius 3 is 2.50 bits per heavy atom. The molecule has 0 aliphatic heterocycles. The molecule has 4 heteroatoms. The van der Waals surface area contributed by atoms with Gasteiger partial charge in [0.25, 0.3) is 5.91 Å². The predicted octanol–water partition coefficient (Wildman–Crippen LogP) is 5.55. The number of hydrogen-bond acceptors (Lipinski definition) is 2. The van der Waals surface area contributed by atoms with E-state index in [0.717, 1.165) is 71.2 Å². The maximum absolute atomic E-state index is 12.7. The van der Waals surface area contributed by atoms with Crippen LogP contribution >= 0.6 is 0 Å². The van der Waals surface area contributed by atoms with Gasteiger partial charge in [-0.05, 0) is 98.4 Å². The fourth-order valence-corrected chi connectivity index (χ4v) is 4.64. The number of allylic oxidation sites excluding steroid dienone is 3. The highest BCUT2D eigenvalue weighted by atomic mass is 16.2. The molecule has 0 saturated carbocycles. The third-order valence-corrected chi connectivity index (χ3v) is 6.49. The van der Waals surface area contributed by atoms with Crippen LogP contribution in [-0.2, 0) is 11.2 Å². The Bertz CT molecular complexity index is 1120. The van der Waals surface area contributed by atoms with E-state index in [9.17, 15) is 9.59 Å². The van der Waals surface area contributed by atoms with Gasteiger partial charge in [-0.3, -0.25) is 9.59 Å². The minimum Gasteiger partial charge on any atom is -0.366 e. The van der Waals surface area contributed by atoms with Crippen LogP contribution < -0.4 is 11.1 Å². The summed E-state index contributed by atoms with van der Waals surface area (Å²) in [5, 5.41) is 3.11. The van der Waals surface area contributed by atoms with Gasteiger partial charge in [0.15, 0.2) is 0 Å². The largest absolute Gasteiger partial charge is 0.366 e. The molecule has 2 aromatic carbocycles. The molecule has 2 aliphatic rings. The van der Waals surface area contributed by atoms with E-state index in [0.29, 0.717) is 5.56 Å². The van der Waals surface area contributed by atoms with Crippen LogP contribution in [0.5, 0.6) is 0 Å². The first-order valence-electron chi connectivity index (χ1n) is 10.6. The molecule has 0 heterocycles. The molecule has 0 radical (unpaired) electrons. The molecule has 3 N–H and O–H groups in total. The second kappa shape index (κ2) is 7.94. The smallest absolute Gasteiger partial charge is 0.251 e. The van der Waals surface area contributed by atoms with Gasteiger partial charge in [0.05, 0.1) is 0 Å². The molecular weight excluding hydrogens is 372 g/mol. The van der Waals surface area contributed by atoms with Crippen LogP contribution in [0.1, 0.15) is 66.6 Å². The molecule has 0 unspecified atom stereocenters. The Kier molecular flexibility index (Phi) is 5.33. The van der Waals surface area contributed by atoms with Gasteiger partial charge >= 0.3 is 0 Å². The number of fused-ring (bicyclic) bond motifs is 1. The third kappa shape index (κ3) is 3.47. The van der Waals surface area contributed by atoms with Crippen molar-refractivity contribution in [1.82, 2.24) is 0 Å². The highest BCUT2D eigenvalue weighted by molar-refractivity contribution is 6.05. The van der Waals surface area contributed by atoms with Crippen molar-refractivity contribution in [2.45, 2.75) is 52.9 Å². The summed E-state index contributed by atoms with van der Waals surface area (Å²) in [6.07, 6.45) is 6.86. The summed E-state index contributed by atoms with van der Waals surface area (Å²) in [5.41, 5.74) is 15.7. The van der Waals surface area contributed by atoms with Crippen LogP contribution in [-0.4, -0.2) is 11.8 Å². The zero-order chi connectivity index (χ0) is 21.4. The van der Waals surface area contributed by atoms with E-state index in [2.05, 4.69) is 31.3 Å². The van der Waals surface area contributed by atoms with Crippen LogP contribution in [0.4, 0.5) is 5.69 Å². The lowest BCUT2D eigenvalue weighted by Gasteiger charge is -2.18. The maximum atomic E-state index is 12.7. The zero-order valence-electron chi connectivity index (χ0n) is 17.9. The van der Waals surface area contributed by atoms with Crippen molar-refractivity contribution in [1.29, 1.82) is 0 Å². The molecule has 0 bridgehead atoms. The number of hydrogen-bond donors (Lipinski definition) is 2. The summed E-state index contributed by atoms with van der Waals surface area (Å²) in [4.78, 5) is 24.7. The quantitative estimate of drug-likeness (QED) is 0.706. The SMILES string of the molecule is CC1=C(C)c2c(-c3cccc(NC(=O)C4=CCCCC4)c3C)ccc(C(N)=O)c2C1. The van der Waals surface area contributed by atoms with Crippen molar-refractivity contribution in [3.05, 3.63) is 69.8 Å². The first kappa shape index (κ1) is 20.1. The third-order valence-electron chi connectivity index (χ3n) is 6.49. The molecule has 0 fully saturated rings. The number of rotatable bonds is 4. The topological polar surface area (TPSA) is 72.2 Å². The lowest BCUT2D eigenvalue weighted by atomic mass is 9.88.